The number of likely N-dealkylation sites (N-methyl/N-ethyl adjacent to an activating group) is 2. The molecular formula is C31H41N7O2. The summed E-state index contributed by atoms with van der Waals surface area (Å²) < 4.78 is 5.94. The maximum atomic E-state index is 12.7. The SMILES string of the molecule is CCN(C)C1CCN(C2=C(C)CC=C(Nc3ncc(C)c(Nc4ccc5c(c4)N(C)C(=O)C(C)(C)O5)n3)C=C2)C1. The highest BCUT2D eigenvalue weighted by molar-refractivity contribution is 6.02. The molecular weight excluding hydrogens is 502 g/mol. The maximum absolute atomic E-state index is 12.7. The van der Waals surface area contributed by atoms with Crippen LogP contribution in [-0.4, -0.2) is 71.0 Å². The zero-order chi connectivity index (χ0) is 28.6. The van der Waals surface area contributed by atoms with Crippen LogP contribution in [0.4, 0.5) is 23.1 Å². The molecule has 0 radical (unpaired) electrons. The lowest BCUT2D eigenvalue weighted by molar-refractivity contribution is -0.132. The van der Waals surface area contributed by atoms with E-state index in [0.29, 0.717) is 23.6 Å². The van der Waals surface area contributed by atoms with E-state index >= 15 is 0 Å². The number of likely N-dealkylation sites (tertiary alicyclic amines) is 1. The highest BCUT2D eigenvalue weighted by atomic mass is 16.5. The molecule has 0 bridgehead atoms. The van der Waals surface area contributed by atoms with Crippen molar-refractivity contribution in [2.75, 3.05) is 49.3 Å². The molecule has 1 aromatic carbocycles. The third-order valence-corrected chi connectivity index (χ3v) is 8.11. The molecule has 2 N–H and O–H groups in total. The van der Waals surface area contributed by atoms with Gasteiger partial charge in [0.1, 0.15) is 11.6 Å². The number of hydrogen-bond acceptors (Lipinski definition) is 8. The molecule has 40 heavy (non-hydrogen) atoms. The number of carbonyl (C=O) groups is 1. The van der Waals surface area contributed by atoms with Gasteiger partial charge in [-0.1, -0.05) is 13.0 Å². The topological polar surface area (TPSA) is 85.9 Å². The molecule has 1 fully saturated rings. The van der Waals surface area contributed by atoms with Crippen LogP contribution in [0, 0.1) is 6.92 Å². The van der Waals surface area contributed by atoms with Crippen molar-refractivity contribution >= 4 is 29.0 Å². The number of hydrogen-bond donors (Lipinski definition) is 2. The minimum atomic E-state index is -0.890. The minimum absolute atomic E-state index is 0.0858. The predicted octanol–water partition coefficient (Wildman–Crippen LogP) is 5.22. The highest BCUT2D eigenvalue weighted by Crippen LogP contribution is 2.39. The van der Waals surface area contributed by atoms with Gasteiger partial charge in [0.2, 0.25) is 5.95 Å². The van der Waals surface area contributed by atoms with Gasteiger partial charge in [0.05, 0.1) is 5.69 Å². The minimum Gasteiger partial charge on any atom is -0.476 e. The van der Waals surface area contributed by atoms with Gasteiger partial charge < -0.3 is 30.1 Å². The lowest BCUT2D eigenvalue weighted by Gasteiger charge is -2.37. The van der Waals surface area contributed by atoms with Crippen molar-refractivity contribution in [2.24, 2.45) is 0 Å². The zero-order valence-electron chi connectivity index (χ0n) is 24.7. The van der Waals surface area contributed by atoms with Gasteiger partial charge in [-0.3, -0.25) is 4.79 Å². The fourth-order valence-corrected chi connectivity index (χ4v) is 5.46. The van der Waals surface area contributed by atoms with Crippen molar-refractivity contribution in [2.45, 2.75) is 59.1 Å². The second-order valence-electron chi connectivity index (χ2n) is 11.5. The number of allylic oxidation sites excluding steroid dienone is 4. The van der Waals surface area contributed by atoms with Gasteiger partial charge in [0.15, 0.2) is 5.60 Å². The number of nitrogens with one attached hydrogen (secondary N) is 2. The number of ether oxygens (including phenoxy) is 1. The van der Waals surface area contributed by atoms with Crippen molar-refractivity contribution in [3.63, 3.8) is 0 Å². The third-order valence-electron chi connectivity index (χ3n) is 8.11. The Balaban J connectivity index is 1.28. The monoisotopic (exact) mass is 543 g/mol. The zero-order valence-corrected chi connectivity index (χ0v) is 24.7. The van der Waals surface area contributed by atoms with Crippen molar-refractivity contribution < 1.29 is 9.53 Å². The normalized spacial score (nSPS) is 20.4. The number of nitrogens with zero attached hydrogens (tertiary/aromatic N) is 5. The Hall–Kier alpha value is -3.85. The molecule has 3 heterocycles. The Morgan fingerprint density at radius 1 is 1.20 bits per heavy atom. The first-order valence-corrected chi connectivity index (χ1v) is 14.1. The quantitative estimate of drug-likeness (QED) is 0.492. The van der Waals surface area contributed by atoms with Crippen LogP contribution in [0.25, 0.3) is 0 Å². The Morgan fingerprint density at radius 3 is 2.77 bits per heavy atom. The van der Waals surface area contributed by atoms with Crippen LogP contribution in [0.3, 0.4) is 0 Å². The molecule has 9 nitrogen and oxygen atoms in total. The molecule has 1 aromatic heterocycles. The highest BCUT2D eigenvalue weighted by Gasteiger charge is 2.39. The van der Waals surface area contributed by atoms with E-state index < -0.39 is 5.60 Å². The third kappa shape index (κ3) is 5.56. The summed E-state index contributed by atoms with van der Waals surface area (Å²) >= 11 is 0. The fraction of sp³-hybridized carbons (Fsp3) is 0.452. The van der Waals surface area contributed by atoms with E-state index in [2.05, 4.69) is 64.5 Å². The number of carbonyl (C=O) groups excluding carboxylic acids is 1. The molecule has 2 aliphatic heterocycles. The molecule has 9 heteroatoms. The van der Waals surface area contributed by atoms with Crippen LogP contribution in [-0.2, 0) is 4.79 Å². The summed E-state index contributed by atoms with van der Waals surface area (Å²) in [4.78, 5) is 28.6. The maximum Gasteiger partial charge on any atom is 0.270 e. The van der Waals surface area contributed by atoms with Crippen molar-refractivity contribution in [3.8, 4) is 5.75 Å². The Kier molecular flexibility index (Phi) is 7.59. The lowest BCUT2D eigenvalue weighted by Crippen LogP contribution is -2.50. The van der Waals surface area contributed by atoms with Crippen LogP contribution < -0.4 is 20.3 Å². The van der Waals surface area contributed by atoms with Crippen LogP contribution >= 0.6 is 0 Å². The van der Waals surface area contributed by atoms with Gasteiger partial charge >= 0.3 is 0 Å². The summed E-state index contributed by atoms with van der Waals surface area (Å²) in [5.74, 6) is 1.81. The van der Waals surface area contributed by atoms with E-state index in [1.165, 1.54) is 17.7 Å². The average molecular weight is 544 g/mol. The Bertz CT molecular complexity index is 1390. The van der Waals surface area contributed by atoms with Gasteiger partial charge in [-0.15, -0.1) is 0 Å². The largest absolute Gasteiger partial charge is 0.476 e. The molecule has 212 valence electrons. The number of fused-ring (bicyclic) bond motifs is 1. The number of aromatic nitrogens is 2. The molecule has 0 saturated carbocycles. The molecule has 1 saturated heterocycles. The lowest BCUT2D eigenvalue weighted by atomic mass is 10.0. The van der Waals surface area contributed by atoms with Gasteiger partial charge in [0.25, 0.3) is 5.91 Å². The Morgan fingerprint density at radius 2 is 2.00 bits per heavy atom. The summed E-state index contributed by atoms with van der Waals surface area (Å²) in [6, 6.07) is 6.33. The first kappa shape index (κ1) is 27.7. The second-order valence-corrected chi connectivity index (χ2v) is 11.5. The fourth-order valence-electron chi connectivity index (χ4n) is 5.46. The van der Waals surface area contributed by atoms with Crippen LogP contribution in [0.15, 0.2) is 59.6 Å². The predicted molar refractivity (Wildman–Crippen MR) is 161 cm³/mol. The van der Waals surface area contributed by atoms with Gasteiger partial charge in [-0.2, -0.15) is 4.98 Å². The summed E-state index contributed by atoms with van der Waals surface area (Å²) in [6.07, 6.45) is 10.4. The van der Waals surface area contributed by atoms with E-state index in [1.807, 2.05) is 31.3 Å². The standard InChI is InChI=1S/C31H41N7O2/c1-8-36(6)24-15-16-38(19-24)25-13-11-22(10-9-20(25)2)34-30-32-18-21(3)28(35-30)33-23-12-14-27-26(17-23)37(7)29(39)31(4,5)40-27/h10-14,17-18,24H,8-9,15-16,19H2,1-7H3,(H2,32,33,34,35). The number of amides is 1. The van der Waals surface area contributed by atoms with E-state index in [-0.39, 0.29) is 5.91 Å². The number of benzene rings is 1. The van der Waals surface area contributed by atoms with Gasteiger partial charge in [0, 0.05) is 55.0 Å². The first-order valence-electron chi connectivity index (χ1n) is 14.1. The molecule has 2 aromatic rings. The average Bonchev–Trinajstić information content (AvgIpc) is 3.34. The Labute approximate surface area is 237 Å². The van der Waals surface area contributed by atoms with E-state index in [4.69, 9.17) is 9.72 Å². The number of rotatable bonds is 7. The molecule has 1 amide bonds. The molecule has 1 aliphatic carbocycles. The summed E-state index contributed by atoms with van der Waals surface area (Å²) in [5, 5.41) is 6.80. The summed E-state index contributed by atoms with van der Waals surface area (Å²) in [5.41, 5.74) is 5.20. The molecule has 1 unspecified atom stereocenters. The summed E-state index contributed by atoms with van der Waals surface area (Å²) in [6.45, 7) is 13.2. The second kappa shape index (κ2) is 11.0. The molecule has 3 aliphatic rings. The van der Waals surface area contributed by atoms with E-state index in [1.54, 1.807) is 25.8 Å². The number of anilines is 4. The van der Waals surface area contributed by atoms with Crippen molar-refractivity contribution in [3.05, 3.63) is 65.2 Å². The summed E-state index contributed by atoms with van der Waals surface area (Å²) in [7, 11) is 3.99. The smallest absolute Gasteiger partial charge is 0.270 e. The molecule has 5 rings (SSSR count). The molecule has 0 spiro atoms. The van der Waals surface area contributed by atoms with Gasteiger partial charge in [-0.25, -0.2) is 4.98 Å². The van der Waals surface area contributed by atoms with E-state index in [0.717, 1.165) is 48.7 Å². The van der Waals surface area contributed by atoms with Crippen LogP contribution in [0.1, 0.15) is 46.1 Å². The van der Waals surface area contributed by atoms with Crippen molar-refractivity contribution in [1.82, 2.24) is 19.8 Å². The first-order chi connectivity index (χ1) is 19.1. The molecule has 1 atom stereocenters. The van der Waals surface area contributed by atoms with Gasteiger partial charge in [-0.05, 0) is 90.1 Å². The van der Waals surface area contributed by atoms with Crippen LogP contribution in [0.5, 0.6) is 5.75 Å². The number of aryl methyl sites for hydroxylation is 1. The van der Waals surface area contributed by atoms with Crippen LogP contribution in [0.2, 0.25) is 0 Å². The van der Waals surface area contributed by atoms with Crippen molar-refractivity contribution in [1.29, 1.82) is 0 Å². The van der Waals surface area contributed by atoms with E-state index in [9.17, 15) is 4.79 Å².